The third-order valence-corrected chi connectivity index (χ3v) is 3.67. The van der Waals surface area contributed by atoms with Crippen LogP contribution in [-0.4, -0.2) is 18.0 Å². The highest BCUT2D eigenvalue weighted by Gasteiger charge is 2.17. The minimum absolute atomic E-state index is 0.146. The smallest absolute Gasteiger partial charge is 0.123 e. The minimum atomic E-state index is -0.146. The van der Waals surface area contributed by atoms with Crippen LogP contribution in [0.3, 0.4) is 0 Å². The number of rotatable bonds is 4. The molecule has 0 spiro atoms. The molecule has 0 fully saturated rings. The van der Waals surface area contributed by atoms with Crippen molar-refractivity contribution in [3.05, 3.63) is 33.8 Å². The van der Waals surface area contributed by atoms with E-state index in [9.17, 15) is 5.26 Å². The highest BCUT2D eigenvalue weighted by atomic mass is 79.9. The Labute approximate surface area is 106 Å². The third kappa shape index (κ3) is 2.84. The Kier molecular flexibility index (Phi) is 4.98. The van der Waals surface area contributed by atoms with Crippen LogP contribution >= 0.6 is 15.9 Å². The van der Waals surface area contributed by atoms with Crippen molar-refractivity contribution < 1.29 is 0 Å². The molecule has 3 heteroatoms. The van der Waals surface area contributed by atoms with E-state index in [0.29, 0.717) is 0 Å². The summed E-state index contributed by atoms with van der Waals surface area (Å²) in [6.07, 6.45) is 0. The van der Waals surface area contributed by atoms with Crippen LogP contribution in [0.1, 0.15) is 31.0 Å². The molecule has 0 aliphatic rings. The summed E-state index contributed by atoms with van der Waals surface area (Å²) in [6.45, 7) is 7.99. The fourth-order valence-corrected chi connectivity index (χ4v) is 2.13. The van der Waals surface area contributed by atoms with Crippen LogP contribution in [-0.2, 0) is 0 Å². The first-order valence-corrected chi connectivity index (χ1v) is 6.33. The molecule has 0 saturated heterocycles. The molecule has 0 aliphatic heterocycles. The monoisotopic (exact) mass is 280 g/mol. The topological polar surface area (TPSA) is 27.0 Å². The highest BCUT2D eigenvalue weighted by molar-refractivity contribution is 9.10. The molecule has 0 radical (unpaired) electrons. The van der Waals surface area contributed by atoms with Crippen LogP contribution in [0.5, 0.6) is 0 Å². The largest absolute Gasteiger partial charge is 0.285 e. The number of benzene rings is 1. The van der Waals surface area contributed by atoms with Gasteiger partial charge in [0, 0.05) is 4.47 Å². The summed E-state index contributed by atoms with van der Waals surface area (Å²) in [6, 6.07) is 8.35. The zero-order valence-corrected chi connectivity index (χ0v) is 11.6. The van der Waals surface area contributed by atoms with Gasteiger partial charge in [-0.2, -0.15) is 5.26 Å². The second-order valence-corrected chi connectivity index (χ2v) is 4.62. The first-order valence-electron chi connectivity index (χ1n) is 5.53. The molecular formula is C13H17BrN2. The van der Waals surface area contributed by atoms with Crippen LogP contribution in [0.25, 0.3) is 0 Å². The van der Waals surface area contributed by atoms with Gasteiger partial charge in [0.2, 0.25) is 0 Å². The molecule has 1 aromatic rings. The predicted molar refractivity (Wildman–Crippen MR) is 70.2 cm³/mol. The molecule has 0 heterocycles. The van der Waals surface area contributed by atoms with Crippen LogP contribution in [0.2, 0.25) is 0 Å². The van der Waals surface area contributed by atoms with E-state index in [0.717, 1.165) is 23.1 Å². The van der Waals surface area contributed by atoms with Gasteiger partial charge in [-0.15, -0.1) is 0 Å². The van der Waals surface area contributed by atoms with Gasteiger partial charge >= 0.3 is 0 Å². The molecule has 1 aromatic carbocycles. The standard InChI is InChI=1S/C13H17BrN2/c1-4-16(5-2)13(9-15)11-7-6-10(3)12(14)8-11/h6-8,13H,4-5H2,1-3H3. The van der Waals surface area contributed by atoms with Gasteiger partial charge in [0.05, 0.1) is 6.07 Å². The molecule has 0 bridgehead atoms. The Morgan fingerprint density at radius 3 is 2.44 bits per heavy atom. The van der Waals surface area contributed by atoms with E-state index < -0.39 is 0 Å². The number of nitrogens with zero attached hydrogens (tertiary/aromatic N) is 2. The van der Waals surface area contributed by atoms with E-state index >= 15 is 0 Å². The molecular weight excluding hydrogens is 264 g/mol. The maximum Gasteiger partial charge on any atom is 0.123 e. The van der Waals surface area contributed by atoms with E-state index in [2.05, 4.69) is 40.7 Å². The summed E-state index contributed by atoms with van der Waals surface area (Å²) in [5, 5.41) is 9.27. The molecule has 1 rings (SSSR count). The number of nitriles is 1. The van der Waals surface area contributed by atoms with Gasteiger partial charge in [0.1, 0.15) is 6.04 Å². The van der Waals surface area contributed by atoms with Crippen LogP contribution in [0.4, 0.5) is 0 Å². The molecule has 2 nitrogen and oxygen atoms in total. The number of hydrogen-bond acceptors (Lipinski definition) is 2. The van der Waals surface area contributed by atoms with E-state index in [1.54, 1.807) is 0 Å². The molecule has 1 unspecified atom stereocenters. The zero-order chi connectivity index (χ0) is 12.1. The van der Waals surface area contributed by atoms with Crippen LogP contribution in [0, 0.1) is 18.3 Å². The van der Waals surface area contributed by atoms with Crippen molar-refractivity contribution in [2.45, 2.75) is 26.8 Å². The van der Waals surface area contributed by atoms with Crippen molar-refractivity contribution in [3.8, 4) is 6.07 Å². The first-order chi connectivity index (χ1) is 7.63. The lowest BCUT2D eigenvalue weighted by Gasteiger charge is -2.24. The summed E-state index contributed by atoms with van der Waals surface area (Å²) in [5.41, 5.74) is 2.25. The normalized spacial score (nSPS) is 12.5. The molecule has 0 saturated carbocycles. The molecule has 0 amide bonds. The van der Waals surface area contributed by atoms with E-state index in [-0.39, 0.29) is 6.04 Å². The second-order valence-electron chi connectivity index (χ2n) is 3.76. The quantitative estimate of drug-likeness (QED) is 0.842. The molecule has 86 valence electrons. The average molecular weight is 281 g/mol. The number of aryl methyl sites for hydroxylation is 1. The van der Waals surface area contributed by atoms with E-state index in [1.807, 2.05) is 25.1 Å². The van der Waals surface area contributed by atoms with Crippen molar-refractivity contribution in [1.29, 1.82) is 5.26 Å². The van der Waals surface area contributed by atoms with Gasteiger partial charge in [-0.25, -0.2) is 0 Å². The molecule has 0 aliphatic carbocycles. The molecule has 16 heavy (non-hydrogen) atoms. The Morgan fingerprint density at radius 1 is 1.38 bits per heavy atom. The Hall–Kier alpha value is -0.850. The van der Waals surface area contributed by atoms with Gasteiger partial charge in [-0.3, -0.25) is 4.90 Å². The Balaban J connectivity index is 3.05. The van der Waals surface area contributed by atoms with E-state index in [1.165, 1.54) is 5.56 Å². The lowest BCUT2D eigenvalue weighted by Crippen LogP contribution is -2.27. The fraction of sp³-hybridized carbons (Fsp3) is 0.462. The third-order valence-electron chi connectivity index (χ3n) is 2.81. The van der Waals surface area contributed by atoms with Crippen LogP contribution in [0.15, 0.2) is 22.7 Å². The number of halogens is 1. The van der Waals surface area contributed by atoms with Gasteiger partial charge in [0.25, 0.3) is 0 Å². The van der Waals surface area contributed by atoms with Gasteiger partial charge in [-0.1, -0.05) is 41.9 Å². The molecule has 0 aromatic heterocycles. The maximum absolute atomic E-state index is 9.27. The fourth-order valence-electron chi connectivity index (χ4n) is 1.73. The number of hydrogen-bond donors (Lipinski definition) is 0. The summed E-state index contributed by atoms with van der Waals surface area (Å²) in [7, 11) is 0. The summed E-state index contributed by atoms with van der Waals surface area (Å²) >= 11 is 3.51. The predicted octanol–water partition coefficient (Wildman–Crippen LogP) is 3.66. The van der Waals surface area contributed by atoms with Gasteiger partial charge in [-0.05, 0) is 37.2 Å². The van der Waals surface area contributed by atoms with Crippen LogP contribution < -0.4 is 0 Å². The van der Waals surface area contributed by atoms with Gasteiger partial charge in [0.15, 0.2) is 0 Å². The van der Waals surface area contributed by atoms with Crippen molar-refractivity contribution in [2.75, 3.05) is 13.1 Å². The summed E-state index contributed by atoms with van der Waals surface area (Å²) in [4.78, 5) is 2.15. The van der Waals surface area contributed by atoms with E-state index in [4.69, 9.17) is 0 Å². The molecule has 1 atom stereocenters. The Bertz CT molecular complexity index is 391. The maximum atomic E-state index is 9.27. The minimum Gasteiger partial charge on any atom is -0.285 e. The second kappa shape index (κ2) is 6.03. The lowest BCUT2D eigenvalue weighted by molar-refractivity contribution is 0.262. The van der Waals surface area contributed by atoms with Crippen molar-refractivity contribution in [3.63, 3.8) is 0 Å². The van der Waals surface area contributed by atoms with Gasteiger partial charge < -0.3 is 0 Å². The lowest BCUT2D eigenvalue weighted by atomic mass is 10.0. The zero-order valence-electron chi connectivity index (χ0n) is 10.00. The first kappa shape index (κ1) is 13.2. The SMILES string of the molecule is CCN(CC)C(C#N)c1ccc(C)c(Br)c1. The van der Waals surface area contributed by atoms with Crippen molar-refractivity contribution >= 4 is 15.9 Å². The summed E-state index contributed by atoms with van der Waals surface area (Å²) in [5.74, 6) is 0. The summed E-state index contributed by atoms with van der Waals surface area (Å²) < 4.78 is 1.07. The van der Waals surface area contributed by atoms with Crippen molar-refractivity contribution in [1.82, 2.24) is 4.90 Å². The molecule has 0 N–H and O–H groups in total. The average Bonchev–Trinajstić information content (AvgIpc) is 2.29. The highest BCUT2D eigenvalue weighted by Crippen LogP contribution is 2.25. The Morgan fingerprint density at radius 2 is 2.00 bits per heavy atom. The van der Waals surface area contributed by atoms with Crippen molar-refractivity contribution in [2.24, 2.45) is 0 Å².